The zero-order valence-electron chi connectivity index (χ0n) is 20.2. The SMILES string of the molecule is C1CCCCC1.C=CCCC.Cc1cc(Nc2ccc(SN(C)C)cc2)n2nccc2n1. The van der Waals surface area contributed by atoms with Crippen molar-refractivity contribution >= 4 is 29.1 Å². The van der Waals surface area contributed by atoms with Gasteiger partial charge >= 0.3 is 0 Å². The number of hydrogen-bond donors (Lipinski definition) is 1. The third-order valence-corrected chi connectivity index (χ3v) is 5.74. The van der Waals surface area contributed by atoms with E-state index in [2.05, 4.69) is 57.5 Å². The van der Waals surface area contributed by atoms with Crippen LogP contribution in [0.1, 0.15) is 64.0 Å². The van der Waals surface area contributed by atoms with Crippen molar-refractivity contribution < 1.29 is 0 Å². The van der Waals surface area contributed by atoms with Gasteiger partial charge < -0.3 is 5.32 Å². The molecule has 6 heteroatoms. The van der Waals surface area contributed by atoms with E-state index in [0.717, 1.165) is 29.3 Å². The van der Waals surface area contributed by atoms with E-state index in [4.69, 9.17) is 0 Å². The second-order valence-electron chi connectivity index (χ2n) is 8.14. The van der Waals surface area contributed by atoms with Gasteiger partial charge in [0, 0.05) is 28.4 Å². The van der Waals surface area contributed by atoms with Gasteiger partial charge in [0.1, 0.15) is 5.82 Å². The Hall–Kier alpha value is -2.31. The number of aryl methyl sites for hydroxylation is 1. The normalized spacial score (nSPS) is 13.0. The lowest BCUT2D eigenvalue weighted by atomic mass is 10.0. The molecule has 2 heterocycles. The number of benzene rings is 1. The number of unbranched alkanes of at least 4 members (excludes halogenated alkanes) is 1. The van der Waals surface area contributed by atoms with Crippen LogP contribution in [0.25, 0.3) is 5.65 Å². The van der Waals surface area contributed by atoms with E-state index in [1.54, 1.807) is 22.7 Å². The van der Waals surface area contributed by atoms with Crippen molar-refractivity contribution in [3.8, 4) is 0 Å². The van der Waals surface area contributed by atoms with Crippen LogP contribution in [0.2, 0.25) is 0 Å². The van der Waals surface area contributed by atoms with Crippen molar-refractivity contribution in [2.24, 2.45) is 0 Å². The van der Waals surface area contributed by atoms with Gasteiger partial charge in [-0.3, -0.25) is 4.31 Å². The average molecular weight is 454 g/mol. The van der Waals surface area contributed by atoms with Crippen molar-refractivity contribution in [3.63, 3.8) is 0 Å². The van der Waals surface area contributed by atoms with E-state index < -0.39 is 0 Å². The number of aromatic nitrogens is 3. The predicted octanol–water partition coefficient (Wildman–Crippen LogP) is 7.66. The maximum atomic E-state index is 4.44. The highest BCUT2D eigenvalue weighted by atomic mass is 32.2. The molecule has 0 unspecified atom stereocenters. The summed E-state index contributed by atoms with van der Waals surface area (Å²) in [5.74, 6) is 0.913. The monoisotopic (exact) mass is 453 g/mol. The first kappa shape index (κ1) is 25.9. The molecule has 1 saturated carbocycles. The highest BCUT2D eigenvalue weighted by Crippen LogP contribution is 2.24. The van der Waals surface area contributed by atoms with E-state index in [9.17, 15) is 0 Å². The number of fused-ring (bicyclic) bond motifs is 1. The highest BCUT2D eigenvalue weighted by Gasteiger charge is 2.05. The minimum Gasteiger partial charge on any atom is -0.340 e. The zero-order valence-corrected chi connectivity index (χ0v) is 21.0. The van der Waals surface area contributed by atoms with Crippen molar-refractivity contribution in [3.05, 3.63) is 60.9 Å². The summed E-state index contributed by atoms with van der Waals surface area (Å²) in [5, 5.41) is 7.69. The Morgan fingerprint density at radius 3 is 2.19 bits per heavy atom. The van der Waals surface area contributed by atoms with Gasteiger partial charge in [0.15, 0.2) is 5.65 Å². The molecular formula is C26H39N5S. The van der Waals surface area contributed by atoms with Gasteiger partial charge in [-0.2, -0.15) is 9.61 Å². The maximum Gasteiger partial charge on any atom is 0.157 e. The highest BCUT2D eigenvalue weighted by molar-refractivity contribution is 7.97. The number of rotatable bonds is 6. The molecular weight excluding hydrogens is 414 g/mol. The smallest absolute Gasteiger partial charge is 0.157 e. The molecule has 0 bridgehead atoms. The lowest BCUT2D eigenvalue weighted by Crippen LogP contribution is -2.02. The number of hydrogen-bond acceptors (Lipinski definition) is 5. The molecule has 4 rings (SSSR count). The molecule has 174 valence electrons. The Balaban J connectivity index is 0.000000272. The number of nitrogens with one attached hydrogen (secondary N) is 1. The van der Waals surface area contributed by atoms with Crippen LogP contribution in [0, 0.1) is 6.92 Å². The molecule has 0 aliphatic heterocycles. The van der Waals surface area contributed by atoms with Crippen LogP contribution in [-0.2, 0) is 0 Å². The quantitative estimate of drug-likeness (QED) is 0.306. The first-order valence-corrected chi connectivity index (χ1v) is 12.5. The van der Waals surface area contributed by atoms with Crippen LogP contribution in [0.5, 0.6) is 0 Å². The van der Waals surface area contributed by atoms with Crippen LogP contribution >= 0.6 is 11.9 Å². The molecule has 1 aliphatic rings. The van der Waals surface area contributed by atoms with Gasteiger partial charge in [0.05, 0.1) is 6.20 Å². The zero-order chi connectivity index (χ0) is 23.2. The third kappa shape index (κ3) is 9.45. The van der Waals surface area contributed by atoms with E-state index in [1.807, 2.05) is 39.2 Å². The van der Waals surface area contributed by atoms with Crippen molar-refractivity contribution in [1.29, 1.82) is 0 Å². The molecule has 5 nitrogen and oxygen atoms in total. The van der Waals surface area contributed by atoms with E-state index >= 15 is 0 Å². The fraction of sp³-hybridized carbons (Fsp3) is 0.462. The number of nitrogens with zero attached hydrogens (tertiary/aromatic N) is 4. The molecule has 0 saturated heterocycles. The second kappa shape index (κ2) is 14.7. The average Bonchev–Trinajstić information content (AvgIpc) is 3.26. The molecule has 3 aromatic rings. The number of anilines is 2. The van der Waals surface area contributed by atoms with E-state index in [1.165, 1.54) is 49.8 Å². The Kier molecular flexibility index (Phi) is 11.9. The Labute approximate surface area is 198 Å². The van der Waals surface area contributed by atoms with Crippen molar-refractivity contribution in [2.75, 3.05) is 19.4 Å². The van der Waals surface area contributed by atoms with Gasteiger partial charge in [0.25, 0.3) is 0 Å². The minimum absolute atomic E-state index is 0.845. The molecule has 2 aromatic heterocycles. The molecule has 1 fully saturated rings. The standard InChI is InChI=1S/C15H17N5S.C6H12.C5H10/c1-11-10-15(20-14(17-11)8-9-16-20)18-12-4-6-13(7-5-12)21-19(2)3;1-2-4-6-5-3-1;1-3-5-4-2/h4-10,18H,1-3H3;1-6H2;3H,1,4-5H2,2H3. The summed E-state index contributed by atoms with van der Waals surface area (Å²) in [7, 11) is 4.07. The van der Waals surface area contributed by atoms with Crippen LogP contribution in [0.4, 0.5) is 11.5 Å². The fourth-order valence-corrected chi connectivity index (χ4v) is 4.03. The first-order chi connectivity index (χ1) is 15.5. The summed E-state index contributed by atoms with van der Waals surface area (Å²) in [6, 6.07) is 12.2. The van der Waals surface area contributed by atoms with Gasteiger partial charge in [-0.25, -0.2) is 4.98 Å². The Morgan fingerprint density at radius 2 is 1.69 bits per heavy atom. The van der Waals surface area contributed by atoms with E-state index in [-0.39, 0.29) is 0 Å². The summed E-state index contributed by atoms with van der Waals surface area (Å²) in [6.07, 6.45) is 15.1. The summed E-state index contributed by atoms with van der Waals surface area (Å²) < 4.78 is 3.87. The maximum absolute atomic E-state index is 4.44. The Bertz CT molecular complexity index is 902. The van der Waals surface area contributed by atoms with Crippen LogP contribution in [-0.4, -0.2) is 33.0 Å². The number of allylic oxidation sites excluding steroid dienone is 1. The van der Waals surface area contributed by atoms with E-state index in [0.29, 0.717) is 0 Å². The molecule has 1 aliphatic carbocycles. The predicted molar refractivity (Wildman–Crippen MR) is 140 cm³/mol. The lowest BCUT2D eigenvalue weighted by Gasteiger charge is -2.11. The molecule has 1 N–H and O–H groups in total. The molecule has 0 spiro atoms. The molecule has 32 heavy (non-hydrogen) atoms. The topological polar surface area (TPSA) is 45.5 Å². The van der Waals surface area contributed by atoms with Gasteiger partial charge in [-0.05, 0) is 63.7 Å². The van der Waals surface area contributed by atoms with Crippen LogP contribution in [0.3, 0.4) is 0 Å². The van der Waals surface area contributed by atoms with Crippen LogP contribution in [0.15, 0.2) is 60.1 Å². The molecule has 0 radical (unpaired) electrons. The lowest BCUT2D eigenvalue weighted by molar-refractivity contribution is 0.504. The molecule has 0 atom stereocenters. The van der Waals surface area contributed by atoms with Crippen molar-refractivity contribution in [1.82, 2.24) is 18.9 Å². The molecule has 1 aromatic carbocycles. The fourth-order valence-electron chi connectivity index (χ4n) is 3.35. The third-order valence-electron chi connectivity index (χ3n) is 4.89. The van der Waals surface area contributed by atoms with Gasteiger partial charge in [-0.1, -0.05) is 57.9 Å². The van der Waals surface area contributed by atoms with Crippen molar-refractivity contribution in [2.45, 2.75) is 70.1 Å². The summed E-state index contributed by atoms with van der Waals surface area (Å²) in [4.78, 5) is 5.65. The molecule has 0 amide bonds. The Morgan fingerprint density at radius 1 is 1.06 bits per heavy atom. The minimum atomic E-state index is 0.845. The summed E-state index contributed by atoms with van der Waals surface area (Å²) in [5.41, 5.74) is 2.84. The summed E-state index contributed by atoms with van der Waals surface area (Å²) >= 11 is 1.70. The van der Waals surface area contributed by atoms with Gasteiger partial charge in [-0.15, -0.1) is 6.58 Å². The van der Waals surface area contributed by atoms with Crippen LogP contribution < -0.4 is 5.32 Å². The first-order valence-electron chi connectivity index (χ1n) is 11.7. The largest absolute Gasteiger partial charge is 0.340 e. The van der Waals surface area contributed by atoms with Gasteiger partial charge in [0.2, 0.25) is 0 Å². The summed E-state index contributed by atoms with van der Waals surface area (Å²) in [6.45, 7) is 7.67. The second-order valence-corrected chi connectivity index (χ2v) is 9.52.